The van der Waals surface area contributed by atoms with Crippen molar-refractivity contribution in [3.63, 3.8) is 0 Å². The zero-order chi connectivity index (χ0) is 21.8. The van der Waals surface area contributed by atoms with Gasteiger partial charge in [0.25, 0.3) is 0 Å². The van der Waals surface area contributed by atoms with Gasteiger partial charge in [-0.05, 0) is 29.3 Å². The van der Waals surface area contributed by atoms with Gasteiger partial charge in [-0.25, -0.2) is 4.90 Å². The van der Waals surface area contributed by atoms with Crippen LogP contribution in [0.5, 0.6) is 0 Å². The third kappa shape index (κ3) is 2.54. The Morgan fingerprint density at radius 1 is 0.719 bits per heavy atom. The number of hydrogen-bond donors (Lipinski definition) is 0. The second-order valence-corrected chi connectivity index (χ2v) is 8.41. The minimum Gasteiger partial charge on any atom is -0.358 e. The smallest absolute Gasteiger partial charge is 0.240 e. The number of carbonyl (C=O) groups excluding carboxylic acids is 3. The zero-order valence-corrected chi connectivity index (χ0v) is 17.2. The normalized spacial score (nSPS) is 25.5. The van der Waals surface area contributed by atoms with E-state index >= 15 is 0 Å². The Bertz CT molecular complexity index is 1270. The molecule has 2 amide bonds. The molecule has 3 aromatic carbocycles. The lowest BCUT2D eigenvalue weighted by Crippen LogP contribution is -2.44. The van der Waals surface area contributed by atoms with E-state index in [1.165, 1.54) is 4.90 Å². The second kappa shape index (κ2) is 7.02. The van der Waals surface area contributed by atoms with Crippen molar-refractivity contribution in [1.82, 2.24) is 4.90 Å². The molecule has 0 saturated carbocycles. The highest BCUT2D eigenvalue weighted by molar-refractivity contribution is 6.24. The number of fused-ring (bicyclic) bond motifs is 5. The quantitative estimate of drug-likeness (QED) is 0.473. The highest BCUT2D eigenvalue weighted by Gasteiger charge is 2.64. The summed E-state index contributed by atoms with van der Waals surface area (Å²) in [4.78, 5) is 44.3. The van der Waals surface area contributed by atoms with E-state index in [-0.39, 0.29) is 23.6 Å². The van der Waals surface area contributed by atoms with Crippen molar-refractivity contribution in [2.75, 3.05) is 4.90 Å². The summed E-state index contributed by atoms with van der Waals surface area (Å²) in [5.74, 6) is -2.04. The number of nitrogens with zero attached hydrogens (tertiary/aromatic N) is 2. The molecule has 3 heterocycles. The van der Waals surface area contributed by atoms with Crippen LogP contribution in [-0.4, -0.2) is 28.5 Å². The fraction of sp³-hybridized carbons (Fsp3) is 0.148. The van der Waals surface area contributed by atoms with Crippen LogP contribution in [0.25, 0.3) is 6.08 Å². The van der Waals surface area contributed by atoms with Crippen LogP contribution < -0.4 is 4.90 Å². The van der Waals surface area contributed by atoms with E-state index in [1.807, 2.05) is 77.8 Å². The second-order valence-electron chi connectivity index (χ2n) is 8.41. The molecule has 2 fully saturated rings. The molecular weight excluding hydrogens is 400 g/mol. The van der Waals surface area contributed by atoms with Crippen molar-refractivity contribution in [3.8, 4) is 0 Å². The summed E-state index contributed by atoms with van der Waals surface area (Å²) < 4.78 is 0. The van der Waals surface area contributed by atoms with Gasteiger partial charge in [0, 0.05) is 11.8 Å². The van der Waals surface area contributed by atoms with Crippen LogP contribution in [-0.2, 0) is 9.59 Å². The first-order valence-corrected chi connectivity index (χ1v) is 10.7. The Morgan fingerprint density at radius 2 is 1.34 bits per heavy atom. The standard InChI is InChI=1S/C27H20N2O3/c30-25(18-10-3-1-4-11-18)24-22-21(23-20-14-8-7-9-17(20)15-16-28(23)24)26(31)29(27(22)32)19-12-5-2-6-13-19/h1-16,21-24H/t21-,22+,23+,24-/m1/s1. The van der Waals surface area contributed by atoms with Crippen molar-refractivity contribution in [3.05, 3.63) is 108 Å². The number of anilines is 1. The third-order valence-electron chi connectivity index (χ3n) is 6.80. The van der Waals surface area contributed by atoms with Crippen LogP contribution >= 0.6 is 0 Å². The maximum absolute atomic E-state index is 13.7. The number of ketones is 1. The Hall–Kier alpha value is -3.99. The number of para-hydroxylation sites is 1. The van der Waals surface area contributed by atoms with Crippen molar-refractivity contribution in [1.29, 1.82) is 0 Å². The van der Waals surface area contributed by atoms with Crippen LogP contribution in [0.2, 0.25) is 0 Å². The van der Waals surface area contributed by atoms with Crippen molar-refractivity contribution in [2.24, 2.45) is 11.8 Å². The monoisotopic (exact) mass is 420 g/mol. The largest absolute Gasteiger partial charge is 0.358 e. The molecule has 32 heavy (non-hydrogen) atoms. The highest BCUT2D eigenvalue weighted by Crippen LogP contribution is 2.53. The lowest BCUT2D eigenvalue weighted by Gasteiger charge is -2.35. The topological polar surface area (TPSA) is 57.7 Å². The molecule has 4 atom stereocenters. The summed E-state index contributed by atoms with van der Waals surface area (Å²) in [6.07, 6.45) is 3.84. The lowest BCUT2D eigenvalue weighted by atomic mass is 9.83. The molecule has 0 bridgehead atoms. The van der Waals surface area contributed by atoms with Gasteiger partial charge in [0.05, 0.1) is 23.6 Å². The number of rotatable bonds is 3. The first-order valence-electron chi connectivity index (χ1n) is 10.7. The lowest BCUT2D eigenvalue weighted by molar-refractivity contribution is -0.123. The van der Waals surface area contributed by atoms with Crippen LogP contribution in [0.1, 0.15) is 27.5 Å². The molecule has 0 aliphatic carbocycles. The van der Waals surface area contributed by atoms with Gasteiger partial charge < -0.3 is 4.90 Å². The Balaban J connectivity index is 1.51. The molecule has 6 rings (SSSR count). The molecular formula is C27H20N2O3. The van der Waals surface area contributed by atoms with E-state index in [2.05, 4.69) is 0 Å². The van der Waals surface area contributed by atoms with Crippen LogP contribution in [0.4, 0.5) is 5.69 Å². The summed E-state index contributed by atoms with van der Waals surface area (Å²) in [5.41, 5.74) is 3.08. The number of carbonyl (C=O) groups is 3. The van der Waals surface area contributed by atoms with Crippen LogP contribution in [0.15, 0.2) is 91.1 Å². The Kier molecular flexibility index (Phi) is 4.12. The summed E-state index contributed by atoms with van der Waals surface area (Å²) in [6.45, 7) is 0. The van der Waals surface area contributed by atoms with Gasteiger partial charge in [0.15, 0.2) is 5.78 Å². The Labute approximate surface area is 185 Å². The predicted molar refractivity (Wildman–Crippen MR) is 121 cm³/mol. The van der Waals surface area contributed by atoms with Crippen LogP contribution in [0, 0.1) is 11.8 Å². The summed E-state index contributed by atoms with van der Waals surface area (Å²) >= 11 is 0. The molecule has 0 N–H and O–H groups in total. The van der Waals surface area contributed by atoms with E-state index in [0.717, 1.165) is 11.1 Å². The number of benzene rings is 3. The van der Waals surface area contributed by atoms with Gasteiger partial charge in [0.2, 0.25) is 11.8 Å². The molecule has 5 nitrogen and oxygen atoms in total. The predicted octanol–water partition coefficient (Wildman–Crippen LogP) is 4.08. The molecule has 0 radical (unpaired) electrons. The molecule has 3 aliphatic heterocycles. The molecule has 2 saturated heterocycles. The van der Waals surface area contributed by atoms with Crippen molar-refractivity contribution in [2.45, 2.75) is 12.1 Å². The van der Waals surface area contributed by atoms with E-state index in [1.54, 1.807) is 24.3 Å². The van der Waals surface area contributed by atoms with Gasteiger partial charge >= 0.3 is 0 Å². The number of Topliss-reactive ketones (excluding diaryl/α,β-unsaturated/α-hetero) is 1. The van der Waals surface area contributed by atoms with Crippen molar-refractivity contribution >= 4 is 29.4 Å². The number of amides is 2. The molecule has 0 aromatic heterocycles. The molecule has 0 spiro atoms. The van der Waals surface area contributed by atoms with Crippen LogP contribution in [0.3, 0.4) is 0 Å². The van der Waals surface area contributed by atoms with Crippen molar-refractivity contribution < 1.29 is 14.4 Å². The molecule has 0 unspecified atom stereocenters. The maximum Gasteiger partial charge on any atom is 0.240 e. The van der Waals surface area contributed by atoms with E-state index < -0.39 is 17.9 Å². The molecule has 3 aliphatic rings. The SMILES string of the molecule is O=C(c1ccccc1)[C@H]1[C@H]2C(=O)N(c3ccccc3)C(=O)[C@H]2[C@@H]2c3ccccc3C=CN12. The van der Waals surface area contributed by atoms with Gasteiger partial charge in [-0.2, -0.15) is 0 Å². The van der Waals surface area contributed by atoms with Gasteiger partial charge in [0.1, 0.15) is 6.04 Å². The van der Waals surface area contributed by atoms with Gasteiger partial charge in [-0.3, -0.25) is 14.4 Å². The first kappa shape index (κ1) is 18.8. The Morgan fingerprint density at radius 3 is 2.09 bits per heavy atom. The average Bonchev–Trinajstić information content (AvgIpc) is 3.32. The average molecular weight is 420 g/mol. The van der Waals surface area contributed by atoms with Gasteiger partial charge in [-0.1, -0.05) is 72.8 Å². The fourth-order valence-electron chi connectivity index (χ4n) is 5.46. The van der Waals surface area contributed by atoms with E-state index in [4.69, 9.17) is 0 Å². The van der Waals surface area contributed by atoms with E-state index in [0.29, 0.717) is 11.3 Å². The highest BCUT2D eigenvalue weighted by atomic mass is 16.2. The molecule has 3 aromatic rings. The number of imide groups is 1. The van der Waals surface area contributed by atoms with Gasteiger partial charge in [-0.15, -0.1) is 0 Å². The first-order chi connectivity index (χ1) is 15.7. The summed E-state index contributed by atoms with van der Waals surface area (Å²) in [7, 11) is 0. The molecule has 156 valence electrons. The summed E-state index contributed by atoms with van der Waals surface area (Å²) in [6, 6.07) is 24.8. The zero-order valence-electron chi connectivity index (χ0n) is 17.2. The minimum atomic E-state index is -0.740. The third-order valence-corrected chi connectivity index (χ3v) is 6.80. The fourth-order valence-corrected chi connectivity index (χ4v) is 5.46. The molecule has 5 heteroatoms. The summed E-state index contributed by atoms with van der Waals surface area (Å²) in [5, 5.41) is 0. The minimum absolute atomic E-state index is 0.136. The maximum atomic E-state index is 13.7. The number of hydrogen-bond acceptors (Lipinski definition) is 4. The van der Waals surface area contributed by atoms with E-state index in [9.17, 15) is 14.4 Å².